The van der Waals surface area contributed by atoms with Crippen LogP contribution in [0.1, 0.15) is 74.9 Å². The summed E-state index contributed by atoms with van der Waals surface area (Å²) >= 11 is 0. The van der Waals surface area contributed by atoms with Gasteiger partial charge in [0.2, 0.25) is 0 Å². The molecule has 5 nitrogen and oxygen atoms in total. The molecule has 8 heteroatoms. The Hall–Kier alpha value is -7.03. The number of carbonyl (C=O) groups is 1. The van der Waals surface area contributed by atoms with Crippen LogP contribution < -0.4 is 0 Å². The summed E-state index contributed by atoms with van der Waals surface area (Å²) in [6, 6.07) is 39.3. The maximum Gasteiger partial charge on any atom is 0.416 e. The van der Waals surface area contributed by atoms with Gasteiger partial charge in [-0.3, -0.25) is 0 Å². The Morgan fingerprint density at radius 3 is 1.56 bits per heavy atom. The van der Waals surface area contributed by atoms with E-state index in [4.69, 9.17) is 5.26 Å². The predicted octanol–water partition coefficient (Wildman–Crippen LogP) is 12.9. The zero-order valence-corrected chi connectivity index (χ0v) is 33.5. The summed E-state index contributed by atoms with van der Waals surface area (Å²) < 4.78 is 45.5. The van der Waals surface area contributed by atoms with Crippen molar-refractivity contribution in [2.24, 2.45) is 0 Å². The second kappa shape index (κ2) is 14.1. The lowest BCUT2D eigenvalue weighted by Crippen LogP contribution is -2.10. The van der Waals surface area contributed by atoms with Gasteiger partial charge in [-0.1, -0.05) is 89.8 Å². The highest BCUT2D eigenvalue weighted by atomic mass is 19.4. The molecule has 8 aromatic rings. The van der Waals surface area contributed by atoms with Crippen LogP contribution in [0.3, 0.4) is 0 Å². The zero-order valence-electron chi connectivity index (χ0n) is 33.5. The van der Waals surface area contributed by atoms with Gasteiger partial charge in [-0.05, 0) is 119 Å². The molecule has 59 heavy (non-hydrogen) atoms. The molecule has 0 bridgehead atoms. The molecule has 0 saturated heterocycles. The van der Waals surface area contributed by atoms with Crippen LogP contribution in [0.4, 0.5) is 13.2 Å². The van der Waals surface area contributed by atoms with Crippen molar-refractivity contribution in [2.45, 2.75) is 58.5 Å². The number of carboxylic acid groups (broad SMARTS) is 1. The lowest BCUT2D eigenvalue weighted by Gasteiger charge is -2.19. The molecule has 0 spiro atoms. The van der Waals surface area contributed by atoms with E-state index >= 15 is 0 Å². The average molecular weight is 784 g/mol. The number of aliphatic carboxylic acids is 1. The third-order valence-electron chi connectivity index (χ3n) is 10.9. The molecule has 2 heterocycles. The average Bonchev–Trinajstić information content (AvgIpc) is 3.69. The molecule has 8 rings (SSSR count). The van der Waals surface area contributed by atoms with Gasteiger partial charge in [-0.25, -0.2) is 4.79 Å². The topological polar surface area (TPSA) is 70.9 Å². The summed E-state index contributed by atoms with van der Waals surface area (Å²) in [5.41, 5.74) is 8.44. The van der Waals surface area contributed by atoms with Gasteiger partial charge in [0, 0.05) is 44.0 Å². The van der Waals surface area contributed by atoms with Crippen LogP contribution in [0.15, 0.2) is 127 Å². The van der Waals surface area contributed by atoms with E-state index in [1.807, 2.05) is 22.8 Å². The van der Waals surface area contributed by atoms with Gasteiger partial charge < -0.3 is 14.2 Å². The smallest absolute Gasteiger partial charge is 0.416 e. The van der Waals surface area contributed by atoms with E-state index in [2.05, 4.69) is 113 Å². The largest absolute Gasteiger partial charge is 0.477 e. The molecule has 0 aliphatic rings. The van der Waals surface area contributed by atoms with Crippen molar-refractivity contribution >= 4 is 55.7 Å². The zero-order chi connectivity index (χ0) is 42.0. The monoisotopic (exact) mass is 783 g/mol. The molecule has 0 aliphatic carbocycles. The summed E-state index contributed by atoms with van der Waals surface area (Å²) in [6.07, 6.45) is -3.18. The maximum atomic E-state index is 13.8. The Morgan fingerprint density at radius 1 is 0.559 bits per heavy atom. The molecule has 0 unspecified atom stereocenters. The van der Waals surface area contributed by atoms with Crippen molar-refractivity contribution in [2.75, 3.05) is 0 Å². The van der Waals surface area contributed by atoms with Crippen LogP contribution >= 0.6 is 0 Å². The molecule has 0 fully saturated rings. The van der Waals surface area contributed by atoms with Gasteiger partial charge in [0.05, 0.1) is 27.6 Å². The fraction of sp³-hybridized carbons (Fsp3) is 0.176. The minimum atomic E-state index is -4.48. The number of aromatic nitrogens is 2. The molecule has 0 amide bonds. The number of hydrogen-bond donors (Lipinski definition) is 1. The standard InChI is InChI=1S/C51H40F3N3O2/c1-49(2,3)36-16-23-44-42(27-36)43-28-37(50(4,5)6)17-24-45(43)57(44)39-20-22-41-40-21-13-33(12-9-31-7-10-32(11-8-31)25-34(30-55)48(58)59)26-46(40)56(47(41)29-39)38-18-14-35(15-19-38)51(52,53)54/h7-8,10-11,13-29H,1-6H3,(H,58,59)/b34-25-. The van der Waals surface area contributed by atoms with E-state index in [0.29, 0.717) is 22.4 Å². The third-order valence-corrected chi connectivity index (χ3v) is 10.9. The number of rotatable bonds is 4. The Kier molecular flexibility index (Phi) is 9.29. The van der Waals surface area contributed by atoms with E-state index in [9.17, 15) is 23.1 Å². The molecule has 0 saturated carbocycles. The van der Waals surface area contributed by atoms with E-state index in [0.717, 1.165) is 61.4 Å². The van der Waals surface area contributed by atoms with Crippen molar-refractivity contribution in [1.82, 2.24) is 9.13 Å². The fourth-order valence-electron chi connectivity index (χ4n) is 7.65. The lowest BCUT2D eigenvalue weighted by molar-refractivity contribution is -0.137. The quantitative estimate of drug-likeness (QED) is 0.110. The van der Waals surface area contributed by atoms with Crippen LogP contribution in [0, 0.1) is 23.2 Å². The third kappa shape index (κ3) is 7.24. The van der Waals surface area contributed by atoms with Gasteiger partial charge in [0.1, 0.15) is 11.6 Å². The minimum Gasteiger partial charge on any atom is -0.477 e. The number of nitriles is 1. The predicted molar refractivity (Wildman–Crippen MR) is 231 cm³/mol. The Labute approximate surface area is 340 Å². The number of carboxylic acids is 1. The number of hydrogen-bond acceptors (Lipinski definition) is 2. The summed E-state index contributed by atoms with van der Waals surface area (Å²) in [5, 5.41) is 22.5. The number of fused-ring (bicyclic) bond motifs is 6. The Balaban J connectivity index is 1.32. The second-order valence-corrected chi connectivity index (χ2v) is 17.0. The van der Waals surface area contributed by atoms with Gasteiger partial charge in [0.25, 0.3) is 0 Å². The second-order valence-electron chi connectivity index (χ2n) is 17.0. The van der Waals surface area contributed by atoms with E-state index in [1.165, 1.54) is 29.3 Å². The summed E-state index contributed by atoms with van der Waals surface area (Å²) in [5.74, 6) is 5.08. The maximum absolute atomic E-state index is 13.8. The minimum absolute atomic E-state index is 0.0519. The summed E-state index contributed by atoms with van der Waals surface area (Å²) in [4.78, 5) is 11.3. The first-order chi connectivity index (χ1) is 27.9. The molecular formula is C51H40F3N3O2. The van der Waals surface area contributed by atoms with Gasteiger partial charge in [-0.15, -0.1) is 0 Å². The molecule has 0 atom stereocenters. The van der Waals surface area contributed by atoms with Crippen molar-refractivity contribution in [3.8, 4) is 29.3 Å². The molecule has 0 aliphatic heterocycles. The Bertz CT molecular complexity index is 3060. The van der Waals surface area contributed by atoms with Crippen LogP contribution in [-0.4, -0.2) is 20.2 Å². The van der Waals surface area contributed by atoms with Crippen LogP contribution in [0.5, 0.6) is 0 Å². The molecular weight excluding hydrogens is 744 g/mol. The molecule has 1 N–H and O–H groups in total. The summed E-state index contributed by atoms with van der Waals surface area (Å²) in [7, 11) is 0. The number of nitrogens with zero attached hydrogens (tertiary/aromatic N) is 3. The lowest BCUT2D eigenvalue weighted by atomic mass is 9.85. The first-order valence-corrected chi connectivity index (χ1v) is 19.2. The van der Waals surface area contributed by atoms with Crippen molar-refractivity contribution in [3.63, 3.8) is 0 Å². The summed E-state index contributed by atoms with van der Waals surface area (Å²) in [6.45, 7) is 13.3. The highest BCUT2D eigenvalue weighted by Gasteiger charge is 2.30. The Morgan fingerprint density at radius 2 is 1.03 bits per heavy atom. The normalized spacial score (nSPS) is 12.6. The van der Waals surface area contributed by atoms with Gasteiger partial charge in [0.15, 0.2) is 0 Å². The molecule has 2 aromatic heterocycles. The molecule has 6 aromatic carbocycles. The van der Waals surface area contributed by atoms with E-state index < -0.39 is 17.7 Å². The SMILES string of the molecule is CC(C)(C)c1ccc2c(c1)c1cc(C(C)(C)C)ccc1n2-c1ccc2c3ccc(C#Cc4ccc(/C=C(/C#N)C(=O)O)cc4)cc3n(-c3ccc(C(F)(F)F)cc3)c2c1. The highest BCUT2D eigenvalue weighted by molar-refractivity contribution is 6.12. The highest BCUT2D eigenvalue weighted by Crippen LogP contribution is 2.40. The number of halogens is 3. The number of alkyl halides is 3. The molecule has 0 radical (unpaired) electrons. The van der Waals surface area contributed by atoms with Crippen LogP contribution in [0.25, 0.3) is 61.1 Å². The van der Waals surface area contributed by atoms with Crippen molar-refractivity contribution in [1.29, 1.82) is 5.26 Å². The first-order valence-electron chi connectivity index (χ1n) is 19.2. The fourth-order valence-corrected chi connectivity index (χ4v) is 7.65. The van der Waals surface area contributed by atoms with E-state index in [-0.39, 0.29) is 16.4 Å². The van der Waals surface area contributed by atoms with Gasteiger partial charge in [-0.2, -0.15) is 18.4 Å². The van der Waals surface area contributed by atoms with Crippen molar-refractivity contribution < 1.29 is 23.1 Å². The number of benzene rings is 6. The van der Waals surface area contributed by atoms with Crippen LogP contribution in [-0.2, 0) is 21.8 Å². The first kappa shape index (κ1) is 38.8. The molecule has 292 valence electrons. The van der Waals surface area contributed by atoms with Crippen molar-refractivity contribution in [3.05, 3.63) is 160 Å². The van der Waals surface area contributed by atoms with E-state index in [1.54, 1.807) is 30.3 Å². The van der Waals surface area contributed by atoms with Crippen LogP contribution in [0.2, 0.25) is 0 Å². The van der Waals surface area contributed by atoms with Gasteiger partial charge >= 0.3 is 12.1 Å².